The Morgan fingerprint density at radius 3 is 2.57 bits per heavy atom. The highest BCUT2D eigenvalue weighted by atomic mass is 31.2. The van der Waals surface area contributed by atoms with Gasteiger partial charge in [0.05, 0.1) is 6.61 Å². The zero-order valence-electron chi connectivity index (χ0n) is 14.0. The van der Waals surface area contributed by atoms with E-state index in [0.717, 1.165) is 12.8 Å². The Hall–Kier alpha value is -1.36. The van der Waals surface area contributed by atoms with Crippen LogP contribution in [0.3, 0.4) is 0 Å². The Morgan fingerprint density at radius 1 is 1.26 bits per heavy atom. The molecule has 130 valence electrons. The van der Waals surface area contributed by atoms with Gasteiger partial charge < -0.3 is 14.0 Å². The van der Waals surface area contributed by atoms with Gasteiger partial charge in [-0.3, -0.25) is 9.36 Å². The Morgan fingerprint density at radius 2 is 1.96 bits per heavy atom. The number of ether oxygens (including phenoxy) is 2. The van der Waals surface area contributed by atoms with Crippen molar-refractivity contribution in [2.75, 3.05) is 19.6 Å². The molecule has 1 rings (SSSR count). The van der Waals surface area contributed by atoms with Gasteiger partial charge in [-0.15, -0.1) is 0 Å². The van der Waals surface area contributed by atoms with Gasteiger partial charge in [0.25, 0.3) is 0 Å². The van der Waals surface area contributed by atoms with E-state index < -0.39 is 19.5 Å². The summed E-state index contributed by atoms with van der Waals surface area (Å²) in [4.78, 5) is 11.7. The van der Waals surface area contributed by atoms with E-state index in [0.29, 0.717) is 12.4 Å². The molecular formula is C16H26NO5P. The summed E-state index contributed by atoms with van der Waals surface area (Å²) in [5.74, 6) is -0.0172. The van der Waals surface area contributed by atoms with Gasteiger partial charge in [0, 0.05) is 6.61 Å². The van der Waals surface area contributed by atoms with Crippen molar-refractivity contribution in [1.82, 2.24) is 5.09 Å². The van der Waals surface area contributed by atoms with Gasteiger partial charge in [-0.25, -0.2) is 5.09 Å². The molecule has 7 heteroatoms. The van der Waals surface area contributed by atoms with Crippen molar-refractivity contribution in [2.45, 2.75) is 39.7 Å². The predicted molar refractivity (Wildman–Crippen MR) is 89.6 cm³/mol. The average Bonchev–Trinajstić information content (AvgIpc) is 2.52. The van der Waals surface area contributed by atoms with Crippen LogP contribution in [0, 0.1) is 0 Å². The average molecular weight is 343 g/mol. The van der Waals surface area contributed by atoms with Crippen LogP contribution < -0.4 is 9.61 Å². The molecule has 0 aliphatic carbocycles. The molecule has 0 aliphatic heterocycles. The first-order valence-corrected chi connectivity index (χ1v) is 9.67. The first-order valence-electron chi connectivity index (χ1n) is 7.86. The second-order valence-corrected chi connectivity index (χ2v) is 7.12. The van der Waals surface area contributed by atoms with Crippen molar-refractivity contribution >= 4 is 13.5 Å². The monoisotopic (exact) mass is 343 g/mol. The van der Waals surface area contributed by atoms with Crippen molar-refractivity contribution in [3.05, 3.63) is 30.3 Å². The summed E-state index contributed by atoms with van der Waals surface area (Å²) in [5.41, 5.74) is 0. The van der Waals surface area contributed by atoms with E-state index >= 15 is 0 Å². The third-order valence-corrected chi connectivity index (χ3v) is 4.74. The Bertz CT molecular complexity index is 508. The third kappa shape index (κ3) is 7.64. The van der Waals surface area contributed by atoms with Crippen molar-refractivity contribution in [3.63, 3.8) is 0 Å². The normalized spacial score (nSPS) is 14.7. The number of benzene rings is 1. The van der Waals surface area contributed by atoms with E-state index in [1.54, 1.807) is 38.1 Å². The van der Waals surface area contributed by atoms with Crippen molar-refractivity contribution in [1.29, 1.82) is 0 Å². The van der Waals surface area contributed by atoms with E-state index in [-0.39, 0.29) is 13.0 Å². The van der Waals surface area contributed by atoms with Gasteiger partial charge in [-0.05, 0) is 32.4 Å². The van der Waals surface area contributed by atoms with Crippen LogP contribution in [-0.2, 0) is 18.8 Å². The van der Waals surface area contributed by atoms with E-state index in [4.69, 9.17) is 14.0 Å². The van der Waals surface area contributed by atoms with E-state index in [9.17, 15) is 9.36 Å². The molecule has 6 nitrogen and oxygen atoms in total. The lowest BCUT2D eigenvalue weighted by Gasteiger charge is -2.23. The predicted octanol–water partition coefficient (Wildman–Crippen LogP) is 3.57. The molecule has 0 saturated heterocycles. The minimum absolute atomic E-state index is 0.106. The SMILES string of the molecule is CCCCOCP(=O)(N[C@@H](C)C(=O)OCC)Oc1ccccc1. The lowest BCUT2D eigenvalue weighted by molar-refractivity contribution is -0.144. The van der Waals surface area contributed by atoms with Crippen LogP contribution >= 0.6 is 7.52 Å². The topological polar surface area (TPSA) is 73.9 Å². The molecule has 0 amide bonds. The fourth-order valence-corrected chi connectivity index (χ4v) is 3.49. The molecule has 1 aromatic carbocycles. The fourth-order valence-electron chi connectivity index (χ4n) is 1.79. The number of unbranched alkanes of at least 4 members (excludes halogenated alkanes) is 1. The Balaban J connectivity index is 2.74. The molecule has 23 heavy (non-hydrogen) atoms. The van der Waals surface area contributed by atoms with Crippen LogP contribution in [0.2, 0.25) is 0 Å². The van der Waals surface area contributed by atoms with Crippen LogP contribution in [0.4, 0.5) is 0 Å². The number of para-hydroxylation sites is 1. The first-order chi connectivity index (χ1) is 11.0. The maximum atomic E-state index is 13.0. The maximum Gasteiger partial charge on any atom is 0.342 e. The fraction of sp³-hybridized carbons (Fsp3) is 0.562. The van der Waals surface area contributed by atoms with Crippen LogP contribution in [0.15, 0.2) is 30.3 Å². The summed E-state index contributed by atoms with van der Waals surface area (Å²) < 4.78 is 29.0. The van der Waals surface area contributed by atoms with Gasteiger partial charge in [0.2, 0.25) is 0 Å². The van der Waals surface area contributed by atoms with E-state index in [1.807, 2.05) is 13.0 Å². The number of hydrogen-bond donors (Lipinski definition) is 1. The quantitative estimate of drug-likeness (QED) is 0.376. The number of rotatable bonds is 11. The second-order valence-electron chi connectivity index (χ2n) is 5.07. The summed E-state index contributed by atoms with van der Waals surface area (Å²) in [5, 5.41) is 2.74. The Labute approximate surface area is 138 Å². The van der Waals surface area contributed by atoms with E-state index in [1.165, 1.54) is 0 Å². The van der Waals surface area contributed by atoms with Crippen LogP contribution in [0.25, 0.3) is 0 Å². The molecule has 0 fully saturated rings. The summed E-state index contributed by atoms with van der Waals surface area (Å²) in [7, 11) is -3.39. The van der Waals surface area contributed by atoms with Crippen LogP contribution in [0.5, 0.6) is 5.75 Å². The minimum Gasteiger partial charge on any atom is -0.465 e. The molecule has 0 radical (unpaired) electrons. The lowest BCUT2D eigenvalue weighted by atomic mass is 10.3. The van der Waals surface area contributed by atoms with E-state index in [2.05, 4.69) is 5.09 Å². The zero-order valence-corrected chi connectivity index (χ0v) is 14.9. The summed E-state index contributed by atoms with van der Waals surface area (Å²) in [6.45, 7) is 6.11. The molecule has 0 spiro atoms. The summed E-state index contributed by atoms with van der Waals surface area (Å²) in [6, 6.07) is 8.06. The van der Waals surface area contributed by atoms with Crippen molar-refractivity contribution in [3.8, 4) is 5.75 Å². The highest BCUT2D eigenvalue weighted by Crippen LogP contribution is 2.43. The number of hydrogen-bond acceptors (Lipinski definition) is 5. The molecule has 0 saturated carbocycles. The smallest absolute Gasteiger partial charge is 0.342 e. The van der Waals surface area contributed by atoms with Gasteiger partial charge in [0.15, 0.2) is 0 Å². The highest BCUT2D eigenvalue weighted by Gasteiger charge is 2.30. The molecule has 0 aliphatic rings. The molecular weight excluding hydrogens is 317 g/mol. The molecule has 0 bridgehead atoms. The Kier molecular flexibility index (Phi) is 8.92. The van der Waals surface area contributed by atoms with Crippen LogP contribution in [0.1, 0.15) is 33.6 Å². The van der Waals surface area contributed by atoms with Gasteiger partial charge in [0.1, 0.15) is 18.1 Å². The van der Waals surface area contributed by atoms with Crippen molar-refractivity contribution < 1.29 is 23.4 Å². The molecule has 2 atom stereocenters. The van der Waals surface area contributed by atoms with Crippen molar-refractivity contribution in [2.24, 2.45) is 0 Å². The third-order valence-electron chi connectivity index (χ3n) is 2.93. The molecule has 1 aromatic rings. The van der Waals surface area contributed by atoms with Crippen LogP contribution in [-0.4, -0.2) is 31.6 Å². The number of nitrogens with one attached hydrogen (secondary N) is 1. The maximum absolute atomic E-state index is 13.0. The lowest BCUT2D eigenvalue weighted by Crippen LogP contribution is -2.35. The first kappa shape index (κ1) is 19.7. The summed E-state index contributed by atoms with van der Waals surface area (Å²) >= 11 is 0. The number of esters is 1. The largest absolute Gasteiger partial charge is 0.465 e. The molecule has 0 aromatic heterocycles. The zero-order chi connectivity index (χ0) is 17.1. The van der Waals surface area contributed by atoms with Gasteiger partial charge in [-0.2, -0.15) is 0 Å². The standard InChI is InChI=1S/C16H26NO5P/c1-4-6-12-20-13-23(19,17-14(3)16(18)21-5-2)22-15-10-8-7-9-11-15/h7-11,14H,4-6,12-13H2,1-3H3,(H,17,19)/t14-,23?/m0/s1. The molecule has 0 heterocycles. The van der Waals surface area contributed by atoms with Gasteiger partial charge >= 0.3 is 13.5 Å². The second kappa shape index (κ2) is 10.4. The molecule has 1 unspecified atom stereocenters. The molecule has 1 N–H and O–H groups in total. The highest BCUT2D eigenvalue weighted by molar-refractivity contribution is 7.57. The minimum atomic E-state index is -3.39. The van der Waals surface area contributed by atoms with Gasteiger partial charge in [-0.1, -0.05) is 31.5 Å². The summed E-state index contributed by atoms with van der Waals surface area (Å²) in [6.07, 6.45) is 1.75. The number of carbonyl (C=O) groups is 1. The number of carbonyl (C=O) groups excluding carboxylic acids is 1.